The number of hydrogen-bond donors (Lipinski definition) is 1. The average Bonchev–Trinajstić information content (AvgIpc) is 2.47. The predicted molar refractivity (Wildman–Crippen MR) is 78.1 cm³/mol. The molecular weight excluding hydrogens is 274 g/mol. The summed E-state index contributed by atoms with van der Waals surface area (Å²) in [6.07, 6.45) is 1.72. The van der Waals surface area contributed by atoms with Crippen LogP contribution in [0.2, 0.25) is 0 Å². The van der Waals surface area contributed by atoms with Crippen molar-refractivity contribution in [2.24, 2.45) is 0 Å². The zero-order chi connectivity index (χ0) is 14.0. The van der Waals surface area contributed by atoms with Gasteiger partial charge in [0.2, 0.25) is 10.0 Å². The third kappa shape index (κ3) is 2.70. The average molecular weight is 291 g/mol. The van der Waals surface area contributed by atoms with Crippen molar-refractivity contribution in [1.29, 1.82) is 0 Å². The first-order valence-corrected chi connectivity index (χ1v) is 8.23. The van der Waals surface area contributed by atoms with Gasteiger partial charge in [0.1, 0.15) is 0 Å². The molecule has 0 bridgehead atoms. The maximum atomic E-state index is 12.5. The Hall–Kier alpha value is -1.43. The van der Waals surface area contributed by atoms with E-state index in [2.05, 4.69) is 4.72 Å². The smallest absolute Gasteiger partial charge is 0.241 e. The summed E-state index contributed by atoms with van der Waals surface area (Å²) in [6.45, 7) is 1.16. The summed E-state index contributed by atoms with van der Waals surface area (Å²) in [5.41, 5.74) is 0. The van der Waals surface area contributed by atoms with E-state index in [4.69, 9.17) is 4.74 Å². The van der Waals surface area contributed by atoms with E-state index < -0.39 is 10.0 Å². The summed E-state index contributed by atoms with van der Waals surface area (Å²) < 4.78 is 33.2. The van der Waals surface area contributed by atoms with Crippen LogP contribution in [-0.2, 0) is 14.8 Å². The minimum atomic E-state index is -3.52. The molecule has 1 fully saturated rings. The molecule has 1 saturated heterocycles. The van der Waals surface area contributed by atoms with Crippen molar-refractivity contribution in [2.75, 3.05) is 13.2 Å². The highest BCUT2D eigenvalue weighted by atomic mass is 32.2. The molecule has 0 aromatic heterocycles. The Kier molecular flexibility index (Phi) is 3.74. The Balaban J connectivity index is 1.96. The van der Waals surface area contributed by atoms with Crippen molar-refractivity contribution in [3.05, 3.63) is 42.5 Å². The summed E-state index contributed by atoms with van der Waals surface area (Å²) in [7, 11) is -3.52. The minimum absolute atomic E-state index is 0.132. The van der Waals surface area contributed by atoms with Gasteiger partial charge in [-0.1, -0.05) is 36.4 Å². The molecule has 0 aliphatic carbocycles. The van der Waals surface area contributed by atoms with E-state index in [1.165, 1.54) is 0 Å². The van der Waals surface area contributed by atoms with Crippen LogP contribution in [0.5, 0.6) is 0 Å². The first-order chi connectivity index (χ1) is 9.67. The minimum Gasteiger partial charge on any atom is -0.380 e. The van der Waals surface area contributed by atoms with Gasteiger partial charge < -0.3 is 4.74 Å². The molecule has 20 heavy (non-hydrogen) atoms. The third-order valence-electron chi connectivity index (χ3n) is 3.52. The molecule has 1 unspecified atom stereocenters. The number of ether oxygens (including phenoxy) is 1. The van der Waals surface area contributed by atoms with Gasteiger partial charge in [-0.15, -0.1) is 0 Å². The number of sulfonamides is 1. The van der Waals surface area contributed by atoms with Crippen molar-refractivity contribution in [3.63, 3.8) is 0 Å². The molecule has 106 valence electrons. The molecule has 0 radical (unpaired) electrons. The quantitative estimate of drug-likeness (QED) is 0.944. The van der Waals surface area contributed by atoms with Gasteiger partial charge in [-0.05, 0) is 24.3 Å². The Morgan fingerprint density at radius 2 is 1.90 bits per heavy atom. The second kappa shape index (κ2) is 5.52. The standard InChI is InChI=1S/C15H17NO3S/c17-20(18,16-13-7-4-10-19-11-13)15-9-3-6-12-5-1-2-8-14(12)15/h1-3,5-6,8-9,13,16H,4,7,10-11H2. The first-order valence-electron chi connectivity index (χ1n) is 6.75. The fraction of sp³-hybridized carbons (Fsp3) is 0.333. The Bertz CT molecular complexity index is 701. The molecule has 1 atom stereocenters. The van der Waals surface area contributed by atoms with E-state index in [0.717, 1.165) is 23.6 Å². The van der Waals surface area contributed by atoms with E-state index >= 15 is 0 Å². The largest absolute Gasteiger partial charge is 0.380 e. The van der Waals surface area contributed by atoms with E-state index in [-0.39, 0.29) is 6.04 Å². The van der Waals surface area contributed by atoms with Crippen molar-refractivity contribution in [2.45, 2.75) is 23.8 Å². The van der Waals surface area contributed by atoms with Crippen LogP contribution in [0.4, 0.5) is 0 Å². The summed E-state index contributed by atoms with van der Waals surface area (Å²) in [4.78, 5) is 0.334. The molecule has 2 aromatic rings. The topological polar surface area (TPSA) is 55.4 Å². The Morgan fingerprint density at radius 3 is 2.70 bits per heavy atom. The van der Waals surface area contributed by atoms with E-state index in [9.17, 15) is 8.42 Å². The number of rotatable bonds is 3. The van der Waals surface area contributed by atoms with E-state index in [1.807, 2.05) is 30.3 Å². The van der Waals surface area contributed by atoms with Crippen LogP contribution in [-0.4, -0.2) is 27.7 Å². The van der Waals surface area contributed by atoms with Crippen LogP contribution in [0.15, 0.2) is 47.4 Å². The Morgan fingerprint density at radius 1 is 1.10 bits per heavy atom. The lowest BCUT2D eigenvalue weighted by atomic mass is 10.1. The Labute approximate surface area is 118 Å². The summed E-state index contributed by atoms with van der Waals surface area (Å²) in [6, 6.07) is 12.7. The van der Waals surface area contributed by atoms with Gasteiger partial charge in [-0.25, -0.2) is 13.1 Å². The number of hydrogen-bond acceptors (Lipinski definition) is 3. The molecule has 0 amide bonds. The monoisotopic (exact) mass is 291 g/mol. The normalized spacial score (nSPS) is 20.1. The van der Waals surface area contributed by atoms with Gasteiger partial charge in [-0.3, -0.25) is 0 Å². The van der Waals surface area contributed by atoms with Crippen LogP contribution in [0, 0.1) is 0 Å². The molecule has 3 rings (SSSR count). The van der Waals surface area contributed by atoms with Gasteiger partial charge in [-0.2, -0.15) is 0 Å². The fourth-order valence-electron chi connectivity index (χ4n) is 2.55. The molecule has 4 nitrogen and oxygen atoms in total. The van der Waals surface area contributed by atoms with Crippen LogP contribution in [0.25, 0.3) is 10.8 Å². The number of fused-ring (bicyclic) bond motifs is 1. The van der Waals surface area contributed by atoms with Crippen molar-refractivity contribution in [3.8, 4) is 0 Å². The van der Waals surface area contributed by atoms with Gasteiger partial charge in [0.25, 0.3) is 0 Å². The third-order valence-corrected chi connectivity index (χ3v) is 5.10. The molecule has 1 aliphatic heterocycles. The fourth-order valence-corrected chi connectivity index (χ4v) is 4.03. The zero-order valence-electron chi connectivity index (χ0n) is 11.1. The van der Waals surface area contributed by atoms with Crippen molar-refractivity contribution < 1.29 is 13.2 Å². The highest BCUT2D eigenvalue weighted by Gasteiger charge is 2.23. The van der Waals surface area contributed by atoms with Crippen LogP contribution >= 0.6 is 0 Å². The van der Waals surface area contributed by atoms with Crippen molar-refractivity contribution in [1.82, 2.24) is 4.72 Å². The highest BCUT2D eigenvalue weighted by Crippen LogP contribution is 2.23. The van der Waals surface area contributed by atoms with E-state index in [0.29, 0.717) is 18.1 Å². The van der Waals surface area contributed by atoms with Crippen LogP contribution in [0.1, 0.15) is 12.8 Å². The van der Waals surface area contributed by atoms with Gasteiger partial charge >= 0.3 is 0 Å². The molecule has 0 saturated carbocycles. The summed E-state index contributed by atoms with van der Waals surface area (Å²) in [5, 5.41) is 1.68. The molecule has 0 spiro atoms. The van der Waals surface area contributed by atoms with Crippen LogP contribution in [0.3, 0.4) is 0 Å². The van der Waals surface area contributed by atoms with E-state index in [1.54, 1.807) is 12.1 Å². The lowest BCUT2D eigenvalue weighted by Crippen LogP contribution is -2.40. The second-order valence-electron chi connectivity index (χ2n) is 5.01. The maximum Gasteiger partial charge on any atom is 0.241 e. The van der Waals surface area contributed by atoms with Gasteiger partial charge in [0.15, 0.2) is 0 Å². The molecule has 1 N–H and O–H groups in total. The first kappa shape index (κ1) is 13.5. The predicted octanol–water partition coefficient (Wildman–Crippen LogP) is 2.30. The number of benzene rings is 2. The second-order valence-corrected chi connectivity index (χ2v) is 6.70. The zero-order valence-corrected chi connectivity index (χ0v) is 11.9. The summed E-state index contributed by atoms with van der Waals surface area (Å²) in [5.74, 6) is 0. The summed E-state index contributed by atoms with van der Waals surface area (Å²) >= 11 is 0. The lowest BCUT2D eigenvalue weighted by molar-refractivity contribution is 0.0774. The van der Waals surface area contributed by atoms with Crippen molar-refractivity contribution >= 4 is 20.8 Å². The SMILES string of the molecule is O=S(=O)(NC1CCCOC1)c1cccc2ccccc12. The molecule has 1 aliphatic rings. The molecule has 5 heteroatoms. The molecule has 2 aromatic carbocycles. The maximum absolute atomic E-state index is 12.5. The number of nitrogens with one attached hydrogen (secondary N) is 1. The van der Waals surface area contributed by atoms with Gasteiger partial charge in [0, 0.05) is 18.0 Å². The molecular formula is C15H17NO3S. The van der Waals surface area contributed by atoms with Crippen LogP contribution < -0.4 is 4.72 Å². The lowest BCUT2D eigenvalue weighted by Gasteiger charge is -2.23. The van der Waals surface area contributed by atoms with Gasteiger partial charge in [0.05, 0.1) is 11.5 Å². The highest BCUT2D eigenvalue weighted by molar-refractivity contribution is 7.89. The molecule has 1 heterocycles.